The van der Waals surface area contributed by atoms with Gasteiger partial charge in [0.2, 0.25) is 0 Å². The highest BCUT2D eigenvalue weighted by Gasteiger charge is 2.10. The fourth-order valence-electron chi connectivity index (χ4n) is 3.09. The van der Waals surface area contributed by atoms with Crippen molar-refractivity contribution in [1.82, 2.24) is 6.15 Å². The Hall–Kier alpha value is -0.200. The smallest absolute Gasteiger partial charge is 0.267 e. The highest BCUT2D eigenvalue weighted by molar-refractivity contribution is 7.86. The van der Waals surface area contributed by atoms with Crippen molar-refractivity contribution in [2.75, 3.05) is 19.0 Å². The molecule has 3 N–H and O–H groups in total. The van der Waals surface area contributed by atoms with Gasteiger partial charge in [-0.3, -0.25) is 8.57 Å². The minimum absolute atomic E-state index is 0. The molecular weight excluding hydrogens is 365 g/mol. The molecule has 0 saturated carbocycles. The highest BCUT2D eigenvalue weighted by atomic mass is 32.2. The van der Waals surface area contributed by atoms with E-state index in [1.165, 1.54) is 57.8 Å². The van der Waals surface area contributed by atoms with Gasteiger partial charge < -0.3 is 6.15 Å². The van der Waals surface area contributed by atoms with E-state index < -0.39 is 10.1 Å². The zero-order chi connectivity index (χ0) is 19.3. The maximum absolute atomic E-state index is 11.9. The van der Waals surface area contributed by atoms with Crippen LogP contribution in [0, 0.1) is 0 Å². The summed E-state index contributed by atoms with van der Waals surface area (Å²) < 4.78 is 40.6. The average molecular weight is 412 g/mol. The van der Waals surface area contributed by atoms with E-state index in [0.29, 0.717) is 19.4 Å². The van der Waals surface area contributed by atoms with Gasteiger partial charge in [-0.15, -0.1) is 0 Å². The molecule has 0 aromatic heterocycles. The van der Waals surface area contributed by atoms with Crippen molar-refractivity contribution in [2.24, 2.45) is 0 Å². The maximum atomic E-state index is 11.9. The van der Waals surface area contributed by atoms with Crippen LogP contribution in [-0.4, -0.2) is 27.5 Å². The number of alkyl halides is 1. The summed E-state index contributed by atoms with van der Waals surface area (Å²) in [5.74, 6) is 0.119. The van der Waals surface area contributed by atoms with E-state index in [2.05, 4.69) is 6.92 Å². The molecule has 0 heterocycles. The first-order chi connectivity index (χ1) is 12.6. The summed E-state index contributed by atoms with van der Waals surface area (Å²) in [5.41, 5.74) is 0. The minimum Gasteiger partial charge on any atom is -0.344 e. The molecule has 4 nitrogen and oxygen atoms in total. The van der Waals surface area contributed by atoms with Crippen LogP contribution in [0.3, 0.4) is 0 Å². The van der Waals surface area contributed by atoms with E-state index in [9.17, 15) is 12.8 Å². The largest absolute Gasteiger partial charge is 0.344 e. The summed E-state index contributed by atoms with van der Waals surface area (Å²) in [4.78, 5) is 0. The van der Waals surface area contributed by atoms with E-state index >= 15 is 0 Å². The second-order valence-corrected chi connectivity index (χ2v) is 9.19. The van der Waals surface area contributed by atoms with Crippen molar-refractivity contribution in [3.05, 3.63) is 0 Å². The van der Waals surface area contributed by atoms with Gasteiger partial charge in [0, 0.05) is 0 Å². The predicted molar refractivity (Wildman–Crippen MR) is 115 cm³/mol. The Morgan fingerprint density at radius 3 is 1.52 bits per heavy atom. The number of hydrogen-bond donors (Lipinski definition) is 1. The molecule has 0 aromatic rings. The molecular formula is C21H46FNO3S. The molecule has 0 spiro atoms. The summed E-state index contributed by atoms with van der Waals surface area (Å²) in [6, 6.07) is 0. The van der Waals surface area contributed by atoms with Gasteiger partial charge in [0.25, 0.3) is 10.1 Å². The number of unbranched alkanes of at least 4 members (excludes halogenated alkanes) is 15. The molecule has 0 amide bonds. The van der Waals surface area contributed by atoms with Gasteiger partial charge in [0.1, 0.15) is 0 Å². The third-order valence-electron chi connectivity index (χ3n) is 4.79. The standard InChI is InChI=1S/C21H43FO3S.H3N/c1-2-3-4-5-6-7-8-9-11-14-17-20-25-26(23,24)21-18-15-12-10-13-16-19-22;/h2-21H2,1H3;1H3. The summed E-state index contributed by atoms with van der Waals surface area (Å²) in [5, 5.41) is 0. The number of halogens is 1. The van der Waals surface area contributed by atoms with Crippen LogP contribution in [0.1, 0.15) is 116 Å². The SMILES string of the molecule is CCCCCCCCCCCCCOS(=O)(=O)CCCCCCCCF.N. The quantitative estimate of drug-likeness (QED) is 0.161. The van der Waals surface area contributed by atoms with Crippen molar-refractivity contribution in [2.45, 2.75) is 116 Å². The molecule has 6 heteroatoms. The van der Waals surface area contributed by atoms with E-state index in [-0.39, 0.29) is 18.6 Å². The first-order valence-corrected chi connectivity index (χ1v) is 12.6. The topological polar surface area (TPSA) is 78.4 Å². The molecule has 0 rings (SSSR count). The van der Waals surface area contributed by atoms with E-state index in [4.69, 9.17) is 4.18 Å². The van der Waals surface area contributed by atoms with Gasteiger partial charge in [-0.25, -0.2) is 0 Å². The van der Waals surface area contributed by atoms with Gasteiger partial charge >= 0.3 is 0 Å². The summed E-state index contributed by atoms with van der Waals surface area (Å²) >= 11 is 0. The van der Waals surface area contributed by atoms with Crippen LogP contribution in [0.5, 0.6) is 0 Å². The molecule has 0 aliphatic rings. The van der Waals surface area contributed by atoms with Crippen LogP contribution in [0.4, 0.5) is 4.39 Å². The first kappa shape index (κ1) is 29.0. The lowest BCUT2D eigenvalue weighted by Gasteiger charge is -2.06. The Kier molecular flexibility index (Phi) is 23.7. The number of hydrogen-bond acceptors (Lipinski definition) is 4. The second-order valence-electron chi connectivity index (χ2n) is 7.43. The molecule has 0 aromatic carbocycles. The fourth-order valence-corrected chi connectivity index (χ4v) is 4.14. The second kappa shape index (κ2) is 22.1. The van der Waals surface area contributed by atoms with Crippen LogP contribution in [0.15, 0.2) is 0 Å². The Balaban J connectivity index is 0. The van der Waals surface area contributed by atoms with Crippen LogP contribution < -0.4 is 6.15 Å². The van der Waals surface area contributed by atoms with Crippen molar-refractivity contribution < 1.29 is 17.0 Å². The van der Waals surface area contributed by atoms with Crippen molar-refractivity contribution in [3.8, 4) is 0 Å². The molecule has 0 aliphatic heterocycles. The first-order valence-electron chi connectivity index (χ1n) is 11.1. The number of rotatable bonds is 21. The van der Waals surface area contributed by atoms with Crippen molar-refractivity contribution in [1.29, 1.82) is 0 Å². The molecule has 0 unspecified atom stereocenters. The minimum atomic E-state index is -3.35. The molecule has 0 aliphatic carbocycles. The normalized spacial score (nSPS) is 11.5. The van der Waals surface area contributed by atoms with Crippen LogP contribution in [0.2, 0.25) is 0 Å². The lowest BCUT2D eigenvalue weighted by molar-refractivity contribution is 0.305. The van der Waals surface area contributed by atoms with Gasteiger partial charge in [-0.05, 0) is 19.3 Å². The third kappa shape index (κ3) is 23.8. The average Bonchev–Trinajstić information content (AvgIpc) is 2.62. The molecule has 0 atom stereocenters. The van der Waals surface area contributed by atoms with Gasteiger partial charge in [0.05, 0.1) is 19.0 Å². The summed E-state index contributed by atoms with van der Waals surface area (Å²) in [6.07, 6.45) is 18.8. The van der Waals surface area contributed by atoms with Crippen LogP contribution >= 0.6 is 0 Å². The monoisotopic (exact) mass is 411 g/mol. The molecule has 0 saturated heterocycles. The molecule has 0 bridgehead atoms. The van der Waals surface area contributed by atoms with Gasteiger partial charge in [-0.2, -0.15) is 8.42 Å². The lowest BCUT2D eigenvalue weighted by Crippen LogP contribution is -2.11. The van der Waals surface area contributed by atoms with E-state index in [0.717, 1.165) is 38.5 Å². The fraction of sp³-hybridized carbons (Fsp3) is 1.00. The summed E-state index contributed by atoms with van der Waals surface area (Å²) in [7, 11) is -3.35. The Bertz CT molecular complexity index is 378. The Morgan fingerprint density at radius 2 is 1.04 bits per heavy atom. The zero-order valence-corrected chi connectivity index (χ0v) is 18.7. The highest BCUT2D eigenvalue weighted by Crippen LogP contribution is 2.12. The van der Waals surface area contributed by atoms with Crippen LogP contribution in [-0.2, 0) is 14.3 Å². The Morgan fingerprint density at radius 1 is 0.630 bits per heavy atom. The van der Waals surface area contributed by atoms with Gasteiger partial charge in [0.15, 0.2) is 0 Å². The van der Waals surface area contributed by atoms with E-state index in [1.54, 1.807) is 0 Å². The Labute approximate surface area is 168 Å². The zero-order valence-electron chi connectivity index (χ0n) is 17.9. The van der Waals surface area contributed by atoms with E-state index in [1.807, 2.05) is 0 Å². The summed E-state index contributed by atoms with van der Waals surface area (Å²) in [6.45, 7) is 2.32. The van der Waals surface area contributed by atoms with Gasteiger partial charge in [-0.1, -0.05) is 96.8 Å². The molecule has 27 heavy (non-hydrogen) atoms. The lowest BCUT2D eigenvalue weighted by atomic mass is 10.1. The van der Waals surface area contributed by atoms with Crippen molar-refractivity contribution in [3.63, 3.8) is 0 Å². The molecule has 0 radical (unpaired) electrons. The maximum Gasteiger partial charge on any atom is 0.267 e. The van der Waals surface area contributed by atoms with Crippen molar-refractivity contribution >= 4 is 10.1 Å². The molecule has 166 valence electrons. The third-order valence-corrected chi connectivity index (χ3v) is 6.10. The predicted octanol–water partition coefficient (Wildman–Crippen LogP) is 7.12. The molecule has 0 fully saturated rings. The van der Waals surface area contributed by atoms with Crippen LogP contribution in [0.25, 0.3) is 0 Å².